The van der Waals surface area contributed by atoms with E-state index in [9.17, 15) is 4.79 Å². The summed E-state index contributed by atoms with van der Waals surface area (Å²) in [6.45, 7) is 3.49. The van der Waals surface area contributed by atoms with E-state index < -0.39 is 0 Å². The number of methoxy groups -OCH3 is 2. The molecule has 0 saturated carbocycles. The largest absolute Gasteiger partial charge is 0.494 e. The zero-order valence-corrected chi connectivity index (χ0v) is 16.4. The molecule has 1 fully saturated rings. The Morgan fingerprint density at radius 1 is 1.00 bits per heavy atom. The summed E-state index contributed by atoms with van der Waals surface area (Å²) in [4.78, 5) is 13.7. The number of hydrogen-bond acceptors (Lipinski definition) is 6. The molecular weight excluding hydrogens is 366 g/mol. The van der Waals surface area contributed by atoms with E-state index in [0.29, 0.717) is 27.7 Å². The van der Waals surface area contributed by atoms with Gasteiger partial charge in [-0.1, -0.05) is 11.6 Å². The standard InChI is InChI=1S/C20H22ClN3O3/c1-13(25)14-6-7-16(15(21)10-14)22-23-17-11-20(27-3)18(12-19(17)26-2)24-8-4-5-9-24/h6-7,10-12H,4-5,8-9H2,1-3H3. The highest BCUT2D eigenvalue weighted by atomic mass is 35.5. The van der Waals surface area contributed by atoms with Crippen molar-refractivity contribution in [2.24, 2.45) is 10.2 Å². The fraction of sp³-hybridized carbons (Fsp3) is 0.350. The van der Waals surface area contributed by atoms with Crippen LogP contribution < -0.4 is 14.4 Å². The van der Waals surface area contributed by atoms with Gasteiger partial charge in [-0.05, 0) is 38.0 Å². The molecule has 2 aromatic rings. The van der Waals surface area contributed by atoms with Crippen LogP contribution in [0.5, 0.6) is 11.5 Å². The van der Waals surface area contributed by atoms with Crippen molar-refractivity contribution in [3.05, 3.63) is 40.9 Å². The second-order valence-electron chi connectivity index (χ2n) is 6.31. The molecule has 0 unspecified atom stereocenters. The highest BCUT2D eigenvalue weighted by Gasteiger charge is 2.19. The van der Waals surface area contributed by atoms with Crippen molar-refractivity contribution in [3.63, 3.8) is 0 Å². The molecule has 0 bridgehead atoms. The van der Waals surface area contributed by atoms with Gasteiger partial charge in [0.25, 0.3) is 0 Å². The lowest BCUT2D eigenvalue weighted by atomic mass is 10.1. The molecule has 2 aromatic carbocycles. The molecule has 7 heteroatoms. The van der Waals surface area contributed by atoms with Gasteiger partial charge < -0.3 is 14.4 Å². The van der Waals surface area contributed by atoms with Gasteiger partial charge in [0.05, 0.1) is 24.9 Å². The Morgan fingerprint density at radius 2 is 1.67 bits per heavy atom. The summed E-state index contributed by atoms with van der Waals surface area (Å²) < 4.78 is 11.1. The van der Waals surface area contributed by atoms with Crippen molar-refractivity contribution < 1.29 is 14.3 Å². The summed E-state index contributed by atoms with van der Waals surface area (Å²) in [7, 11) is 3.24. The number of ketones is 1. The minimum atomic E-state index is -0.0516. The average Bonchev–Trinajstić information content (AvgIpc) is 3.20. The quantitative estimate of drug-likeness (QED) is 0.479. The maximum atomic E-state index is 11.4. The zero-order chi connectivity index (χ0) is 19.4. The molecule has 142 valence electrons. The summed E-state index contributed by atoms with van der Waals surface area (Å²) in [6.07, 6.45) is 2.34. The molecule has 6 nitrogen and oxygen atoms in total. The van der Waals surface area contributed by atoms with E-state index in [4.69, 9.17) is 21.1 Å². The van der Waals surface area contributed by atoms with Crippen molar-refractivity contribution in [2.75, 3.05) is 32.2 Å². The van der Waals surface area contributed by atoms with Crippen molar-refractivity contribution in [1.82, 2.24) is 0 Å². The van der Waals surface area contributed by atoms with Gasteiger partial charge in [-0.15, -0.1) is 10.2 Å². The molecule has 0 amide bonds. The summed E-state index contributed by atoms with van der Waals surface area (Å²) in [5, 5.41) is 8.88. The van der Waals surface area contributed by atoms with Gasteiger partial charge in [-0.25, -0.2) is 0 Å². The topological polar surface area (TPSA) is 63.5 Å². The van der Waals surface area contributed by atoms with Crippen LogP contribution in [0.3, 0.4) is 0 Å². The molecule has 0 spiro atoms. The van der Waals surface area contributed by atoms with Gasteiger partial charge in [-0.3, -0.25) is 4.79 Å². The van der Waals surface area contributed by atoms with Crippen LogP contribution in [-0.2, 0) is 0 Å². The molecule has 1 aliphatic rings. The lowest BCUT2D eigenvalue weighted by molar-refractivity contribution is 0.101. The summed E-state index contributed by atoms with van der Waals surface area (Å²) in [6, 6.07) is 8.68. The van der Waals surface area contributed by atoms with Crippen molar-refractivity contribution in [3.8, 4) is 11.5 Å². The first-order chi connectivity index (χ1) is 13.0. The van der Waals surface area contributed by atoms with Gasteiger partial charge in [0.2, 0.25) is 0 Å². The molecule has 0 radical (unpaired) electrons. The van der Waals surface area contributed by atoms with Crippen LogP contribution in [0.1, 0.15) is 30.1 Å². The number of benzene rings is 2. The monoisotopic (exact) mass is 387 g/mol. The molecule has 0 atom stereocenters. The first kappa shape index (κ1) is 19.2. The van der Waals surface area contributed by atoms with E-state index >= 15 is 0 Å². The summed E-state index contributed by atoms with van der Waals surface area (Å²) in [5.74, 6) is 1.28. The van der Waals surface area contributed by atoms with Crippen LogP contribution >= 0.6 is 11.6 Å². The molecule has 1 saturated heterocycles. The molecule has 1 aliphatic heterocycles. The minimum absolute atomic E-state index is 0.0516. The Labute approximate surface area is 163 Å². The Kier molecular flexibility index (Phi) is 5.96. The Morgan fingerprint density at radius 3 is 2.26 bits per heavy atom. The van der Waals surface area contributed by atoms with E-state index in [0.717, 1.165) is 24.5 Å². The molecule has 3 rings (SSSR count). The maximum absolute atomic E-state index is 11.4. The first-order valence-corrected chi connectivity index (χ1v) is 9.14. The molecule has 1 heterocycles. The van der Waals surface area contributed by atoms with Crippen LogP contribution in [0.4, 0.5) is 17.1 Å². The van der Waals surface area contributed by atoms with Crippen LogP contribution in [0.15, 0.2) is 40.6 Å². The smallest absolute Gasteiger partial charge is 0.159 e. The van der Waals surface area contributed by atoms with Crippen LogP contribution in [0, 0.1) is 0 Å². The van der Waals surface area contributed by atoms with E-state index in [2.05, 4.69) is 15.1 Å². The molecule has 0 aliphatic carbocycles. The highest BCUT2D eigenvalue weighted by Crippen LogP contribution is 2.41. The predicted molar refractivity (Wildman–Crippen MR) is 107 cm³/mol. The summed E-state index contributed by atoms with van der Waals surface area (Å²) >= 11 is 6.21. The maximum Gasteiger partial charge on any atom is 0.159 e. The summed E-state index contributed by atoms with van der Waals surface area (Å²) in [5.41, 5.74) is 2.55. The number of hydrogen-bond donors (Lipinski definition) is 0. The number of rotatable bonds is 6. The van der Waals surface area contributed by atoms with Gasteiger partial charge in [-0.2, -0.15) is 0 Å². The minimum Gasteiger partial charge on any atom is -0.494 e. The number of carbonyl (C=O) groups is 1. The third-order valence-electron chi connectivity index (χ3n) is 4.55. The predicted octanol–water partition coefficient (Wildman–Crippen LogP) is 5.58. The van der Waals surface area contributed by atoms with Crippen molar-refractivity contribution in [2.45, 2.75) is 19.8 Å². The van der Waals surface area contributed by atoms with Crippen LogP contribution in [0.25, 0.3) is 0 Å². The third kappa shape index (κ3) is 4.22. The van der Waals surface area contributed by atoms with E-state index in [-0.39, 0.29) is 5.78 Å². The van der Waals surface area contributed by atoms with Crippen molar-refractivity contribution >= 4 is 34.4 Å². The number of carbonyl (C=O) groups excluding carboxylic acids is 1. The molecular formula is C20H22ClN3O3. The van der Waals surface area contributed by atoms with Gasteiger partial charge in [0.15, 0.2) is 5.78 Å². The third-order valence-corrected chi connectivity index (χ3v) is 4.85. The number of azo groups is 1. The number of Topliss-reactive ketones (excluding diaryl/α,β-unsaturated/α-hetero) is 1. The van der Waals surface area contributed by atoms with Crippen LogP contribution in [-0.4, -0.2) is 33.1 Å². The van der Waals surface area contributed by atoms with E-state index in [1.54, 1.807) is 32.4 Å². The van der Waals surface area contributed by atoms with Crippen LogP contribution in [0.2, 0.25) is 5.02 Å². The highest BCUT2D eigenvalue weighted by molar-refractivity contribution is 6.33. The number of nitrogens with zero attached hydrogens (tertiary/aromatic N) is 3. The van der Waals surface area contributed by atoms with Gasteiger partial charge in [0, 0.05) is 30.8 Å². The average molecular weight is 388 g/mol. The lowest BCUT2D eigenvalue weighted by Gasteiger charge is -2.21. The van der Waals surface area contributed by atoms with Gasteiger partial charge >= 0.3 is 0 Å². The normalized spacial score (nSPS) is 14.0. The molecule has 27 heavy (non-hydrogen) atoms. The number of ether oxygens (including phenoxy) is 2. The van der Waals surface area contributed by atoms with E-state index in [1.165, 1.54) is 19.8 Å². The SMILES string of the molecule is COc1cc(N2CCCC2)c(OC)cc1N=Nc1ccc(C(C)=O)cc1Cl. The Balaban J connectivity index is 1.94. The second kappa shape index (κ2) is 8.39. The Hall–Kier alpha value is -2.60. The van der Waals surface area contributed by atoms with E-state index in [1.807, 2.05) is 12.1 Å². The first-order valence-electron chi connectivity index (χ1n) is 8.76. The molecule has 0 aromatic heterocycles. The zero-order valence-electron chi connectivity index (χ0n) is 15.7. The fourth-order valence-corrected chi connectivity index (χ4v) is 3.28. The number of halogens is 1. The lowest BCUT2D eigenvalue weighted by Crippen LogP contribution is -2.18. The fourth-order valence-electron chi connectivity index (χ4n) is 3.06. The number of anilines is 1. The molecule has 0 N–H and O–H groups in total. The van der Waals surface area contributed by atoms with Gasteiger partial charge in [0.1, 0.15) is 22.9 Å². The Bertz CT molecular complexity index is 877. The second-order valence-corrected chi connectivity index (χ2v) is 6.72. The van der Waals surface area contributed by atoms with Crippen molar-refractivity contribution in [1.29, 1.82) is 0 Å².